The molecule has 0 saturated carbocycles. The lowest BCUT2D eigenvalue weighted by molar-refractivity contribution is 0.0939. The number of rotatable bonds is 5. The van der Waals surface area contributed by atoms with E-state index in [0.717, 1.165) is 18.5 Å². The van der Waals surface area contributed by atoms with Crippen LogP contribution in [0.1, 0.15) is 35.3 Å². The molecule has 0 radical (unpaired) electrons. The number of benzene rings is 2. The molecule has 6 nitrogen and oxygen atoms in total. The molecule has 0 aromatic heterocycles. The van der Waals surface area contributed by atoms with E-state index < -0.39 is 10.0 Å². The third-order valence-corrected chi connectivity index (χ3v) is 6.57. The first-order chi connectivity index (χ1) is 13.0. The van der Waals surface area contributed by atoms with E-state index in [1.165, 1.54) is 10.4 Å². The molecule has 7 heteroatoms. The van der Waals surface area contributed by atoms with Gasteiger partial charge in [0.05, 0.1) is 10.9 Å². The van der Waals surface area contributed by atoms with Gasteiger partial charge in [-0.05, 0) is 43.7 Å². The van der Waals surface area contributed by atoms with E-state index in [1.807, 2.05) is 37.3 Å². The molecule has 1 amide bonds. The van der Waals surface area contributed by atoms with Gasteiger partial charge >= 0.3 is 0 Å². The monoisotopic (exact) mass is 387 g/mol. The minimum absolute atomic E-state index is 0.157. The highest BCUT2D eigenvalue weighted by Crippen LogP contribution is 2.19. The van der Waals surface area contributed by atoms with Crippen LogP contribution < -0.4 is 10.6 Å². The summed E-state index contributed by atoms with van der Waals surface area (Å²) in [7, 11) is -3.61. The van der Waals surface area contributed by atoms with Gasteiger partial charge in [0.1, 0.15) is 0 Å². The Balaban J connectivity index is 1.77. The van der Waals surface area contributed by atoms with Gasteiger partial charge in [0.15, 0.2) is 0 Å². The molecule has 1 aliphatic heterocycles. The Labute approximate surface area is 160 Å². The third kappa shape index (κ3) is 4.74. The van der Waals surface area contributed by atoms with Crippen LogP contribution in [0.2, 0.25) is 0 Å². The number of nitrogens with zero attached hydrogens (tertiary/aromatic N) is 1. The smallest absolute Gasteiger partial charge is 0.251 e. The predicted molar refractivity (Wildman–Crippen MR) is 105 cm³/mol. The molecule has 1 saturated heterocycles. The number of hydrogen-bond acceptors (Lipinski definition) is 4. The molecule has 27 heavy (non-hydrogen) atoms. The molecule has 0 aliphatic carbocycles. The van der Waals surface area contributed by atoms with Crippen molar-refractivity contribution in [2.45, 2.75) is 24.3 Å². The van der Waals surface area contributed by atoms with Crippen LogP contribution in [0.3, 0.4) is 0 Å². The third-order valence-electron chi connectivity index (χ3n) is 4.68. The molecule has 1 fully saturated rings. The highest BCUT2D eigenvalue weighted by Gasteiger charge is 2.25. The molecule has 2 aromatic rings. The van der Waals surface area contributed by atoms with Gasteiger partial charge in [-0.3, -0.25) is 4.79 Å². The fraction of sp³-hybridized carbons (Fsp3) is 0.350. The Morgan fingerprint density at radius 1 is 1.07 bits per heavy atom. The topological polar surface area (TPSA) is 78.5 Å². The highest BCUT2D eigenvalue weighted by atomic mass is 32.2. The van der Waals surface area contributed by atoms with E-state index in [1.54, 1.807) is 18.2 Å². The Morgan fingerprint density at radius 2 is 1.85 bits per heavy atom. The SMILES string of the molecule is C[C@@H](NC(=O)c1cccc(S(=O)(=O)N2CCCNCC2)c1)c1ccccc1. The van der Waals surface area contributed by atoms with E-state index in [2.05, 4.69) is 10.6 Å². The number of nitrogens with one attached hydrogen (secondary N) is 2. The summed E-state index contributed by atoms with van der Waals surface area (Å²) in [5.74, 6) is -0.291. The second kappa shape index (κ2) is 8.65. The summed E-state index contributed by atoms with van der Waals surface area (Å²) >= 11 is 0. The second-order valence-corrected chi connectivity index (χ2v) is 8.58. The zero-order valence-electron chi connectivity index (χ0n) is 15.4. The van der Waals surface area contributed by atoms with Crippen molar-refractivity contribution in [1.82, 2.24) is 14.9 Å². The number of amides is 1. The molecule has 3 rings (SSSR count). The van der Waals surface area contributed by atoms with Crippen molar-refractivity contribution in [2.24, 2.45) is 0 Å². The standard InChI is InChI=1S/C20H25N3O3S/c1-16(17-7-3-2-4-8-17)22-20(24)18-9-5-10-19(15-18)27(25,26)23-13-6-11-21-12-14-23/h2-5,7-10,15-16,21H,6,11-14H2,1H3,(H,22,24)/t16-/m1/s1. The van der Waals surface area contributed by atoms with Crippen LogP contribution in [-0.2, 0) is 10.0 Å². The normalized spacial score (nSPS) is 17.1. The number of carbonyl (C=O) groups excluding carboxylic acids is 1. The zero-order valence-corrected chi connectivity index (χ0v) is 16.2. The molecule has 1 aliphatic rings. The highest BCUT2D eigenvalue weighted by molar-refractivity contribution is 7.89. The molecule has 2 N–H and O–H groups in total. The van der Waals surface area contributed by atoms with Crippen molar-refractivity contribution in [3.8, 4) is 0 Å². The van der Waals surface area contributed by atoms with Gasteiger partial charge in [0.2, 0.25) is 10.0 Å². The maximum absolute atomic E-state index is 12.9. The van der Waals surface area contributed by atoms with Crippen LogP contribution in [0.5, 0.6) is 0 Å². The summed E-state index contributed by atoms with van der Waals surface area (Å²) in [6, 6.07) is 15.7. The average molecular weight is 388 g/mol. The van der Waals surface area contributed by atoms with Gasteiger partial charge < -0.3 is 10.6 Å². The minimum atomic E-state index is -3.61. The van der Waals surface area contributed by atoms with Gasteiger partial charge in [-0.2, -0.15) is 4.31 Å². The maximum atomic E-state index is 12.9. The summed E-state index contributed by atoms with van der Waals surface area (Å²) in [6.45, 7) is 4.26. The van der Waals surface area contributed by atoms with Gasteiger partial charge in [0, 0.05) is 25.2 Å². The van der Waals surface area contributed by atoms with E-state index in [4.69, 9.17) is 0 Å². The van der Waals surface area contributed by atoms with Crippen molar-refractivity contribution in [2.75, 3.05) is 26.2 Å². The number of sulfonamides is 1. The van der Waals surface area contributed by atoms with Gasteiger partial charge in [0.25, 0.3) is 5.91 Å². The lowest BCUT2D eigenvalue weighted by Gasteiger charge is -2.20. The van der Waals surface area contributed by atoms with Crippen molar-refractivity contribution in [3.63, 3.8) is 0 Å². The second-order valence-electron chi connectivity index (χ2n) is 6.64. The summed E-state index contributed by atoms with van der Waals surface area (Å²) < 4.78 is 27.3. The molecule has 144 valence electrons. The van der Waals surface area contributed by atoms with Crippen molar-refractivity contribution in [3.05, 3.63) is 65.7 Å². The predicted octanol–water partition coefficient (Wildman–Crippen LogP) is 2.16. The summed E-state index contributed by atoms with van der Waals surface area (Å²) in [4.78, 5) is 12.8. The Kier molecular flexibility index (Phi) is 6.26. The zero-order chi connectivity index (χ0) is 19.3. The largest absolute Gasteiger partial charge is 0.346 e. The molecule has 1 heterocycles. The lowest BCUT2D eigenvalue weighted by atomic mass is 10.1. The molecule has 2 aromatic carbocycles. The number of hydrogen-bond donors (Lipinski definition) is 2. The van der Waals surface area contributed by atoms with Crippen molar-refractivity contribution in [1.29, 1.82) is 0 Å². The van der Waals surface area contributed by atoms with Crippen LogP contribution >= 0.6 is 0 Å². The molecule has 1 atom stereocenters. The summed E-state index contributed by atoms with van der Waals surface area (Å²) in [5.41, 5.74) is 1.33. The van der Waals surface area contributed by atoms with Crippen LogP contribution in [0.25, 0.3) is 0 Å². The molecule has 0 unspecified atom stereocenters. The maximum Gasteiger partial charge on any atom is 0.251 e. The van der Waals surface area contributed by atoms with E-state index in [9.17, 15) is 13.2 Å². The molecular weight excluding hydrogens is 362 g/mol. The van der Waals surface area contributed by atoms with Crippen molar-refractivity contribution >= 4 is 15.9 Å². The van der Waals surface area contributed by atoms with E-state index in [0.29, 0.717) is 25.2 Å². The molecule has 0 spiro atoms. The van der Waals surface area contributed by atoms with Crippen LogP contribution in [-0.4, -0.2) is 44.8 Å². The van der Waals surface area contributed by atoms with E-state index in [-0.39, 0.29) is 16.8 Å². The van der Waals surface area contributed by atoms with Gasteiger partial charge in [-0.1, -0.05) is 36.4 Å². The van der Waals surface area contributed by atoms with Crippen LogP contribution in [0.15, 0.2) is 59.5 Å². The van der Waals surface area contributed by atoms with Gasteiger partial charge in [-0.15, -0.1) is 0 Å². The Bertz CT molecular complexity index is 876. The first-order valence-electron chi connectivity index (χ1n) is 9.15. The minimum Gasteiger partial charge on any atom is -0.346 e. The summed E-state index contributed by atoms with van der Waals surface area (Å²) in [5, 5.41) is 6.12. The van der Waals surface area contributed by atoms with E-state index >= 15 is 0 Å². The first kappa shape index (κ1) is 19.5. The van der Waals surface area contributed by atoms with Crippen LogP contribution in [0, 0.1) is 0 Å². The number of carbonyl (C=O) groups is 1. The Morgan fingerprint density at radius 3 is 2.63 bits per heavy atom. The molecular formula is C20H25N3O3S. The fourth-order valence-corrected chi connectivity index (χ4v) is 4.64. The Hall–Kier alpha value is -2.22. The van der Waals surface area contributed by atoms with Crippen LogP contribution in [0.4, 0.5) is 0 Å². The van der Waals surface area contributed by atoms with Gasteiger partial charge in [-0.25, -0.2) is 8.42 Å². The lowest BCUT2D eigenvalue weighted by Crippen LogP contribution is -2.34. The van der Waals surface area contributed by atoms with Crippen molar-refractivity contribution < 1.29 is 13.2 Å². The average Bonchev–Trinajstić information content (AvgIpc) is 2.99. The first-order valence-corrected chi connectivity index (χ1v) is 10.6. The molecule has 0 bridgehead atoms. The quantitative estimate of drug-likeness (QED) is 0.824. The fourth-order valence-electron chi connectivity index (χ4n) is 3.11. The summed E-state index contributed by atoms with van der Waals surface area (Å²) in [6.07, 6.45) is 0.772.